The highest BCUT2D eigenvalue weighted by molar-refractivity contribution is 5.67. The van der Waals surface area contributed by atoms with Crippen LogP contribution in [0.3, 0.4) is 0 Å². The SMILES string of the molecule is COc1ccccc1-c1cc2c(c(=O)[nH]1)CCC(C)C2. The lowest BCUT2D eigenvalue weighted by atomic mass is 9.85. The average molecular weight is 269 g/mol. The van der Waals surface area contributed by atoms with Gasteiger partial charge in [0.25, 0.3) is 5.56 Å². The number of pyridine rings is 1. The molecule has 2 aromatic rings. The molecular weight excluding hydrogens is 250 g/mol. The summed E-state index contributed by atoms with van der Waals surface area (Å²) in [6.45, 7) is 2.24. The van der Waals surface area contributed by atoms with Gasteiger partial charge in [-0.2, -0.15) is 0 Å². The zero-order chi connectivity index (χ0) is 14.1. The van der Waals surface area contributed by atoms with E-state index >= 15 is 0 Å². The van der Waals surface area contributed by atoms with Crippen molar-refractivity contribution in [2.75, 3.05) is 7.11 Å². The highest BCUT2D eigenvalue weighted by atomic mass is 16.5. The van der Waals surface area contributed by atoms with Gasteiger partial charge >= 0.3 is 0 Å². The van der Waals surface area contributed by atoms with E-state index in [1.165, 1.54) is 5.56 Å². The second kappa shape index (κ2) is 5.16. The van der Waals surface area contributed by atoms with Crippen molar-refractivity contribution >= 4 is 0 Å². The predicted molar refractivity (Wildman–Crippen MR) is 80.2 cm³/mol. The summed E-state index contributed by atoms with van der Waals surface area (Å²) in [4.78, 5) is 15.3. The molecule has 1 N–H and O–H groups in total. The van der Waals surface area contributed by atoms with Crippen molar-refractivity contribution in [1.82, 2.24) is 4.98 Å². The molecule has 1 aromatic carbocycles. The van der Waals surface area contributed by atoms with E-state index in [-0.39, 0.29) is 5.56 Å². The summed E-state index contributed by atoms with van der Waals surface area (Å²) < 4.78 is 5.38. The van der Waals surface area contributed by atoms with Gasteiger partial charge < -0.3 is 9.72 Å². The first kappa shape index (κ1) is 13.0. The van der Waals surface area contributed by atoms with Gasteiger partial charge in [0.1, 0.15) is 5.75 Å². The summed E-state index contributed by atoms with van der Waals surface area (Å²) in [7, 11) is 1.65. The quantitative estimate of drug-likeness (QED) is 0.909. The van der Waals surface area contributed by atoms with Crippen molar-refractivity contribution < 1.29 is 4.74 Å². The largest absolute Gasteiger partial charge is 0.496 e. The van der Waals surface area contributed by atoms with Crippen molar-refractivity contribution in [3.63, 3.8) is 0 Å². The maximum atomic E-state index is 12.3. The van der Waals surface area contributed by atoms with Crippen LogP contribution in [0.15, 0.2) is 35.1 Å². The van der Waals surface area contributed by atoms with Crippen molar-refractivity contribution in [3.8, 4) is 17.0 Å². The molecule has 1 unspecified atom stereocenters. The topological polar surface area (TPSA) is 42.1 Å². The number of rotatable bonds is 2. The van der Waals surface area contributed by atoms with Crippen LogP contribution in [0.2, 0.25) is 0 Å². The number of hydrogen-bond acceptors (Lipinski definition) is 2. The van der Waals surface area contributed by atoms with Gasteiger partial charge in [-0.1, -0.05) is 19.1 Å². The molecule has 1 aromatic heterocycles. The van der Waals surface area contributed by atoms with Crippen LogP contribution in [0.4, 0.5) is 0 Å². The van der Waals surface area contributed by atoms with Crippen LogP contribution in [0.25, 0.3) is 11.3 Å². The molecule has 3 rings (SSSR count). The highest BCUT2D eigenvalue weighted by Gasteiger charge is 2.19. The fourth-order valence-electron chi connectivity index (χ4n) is 2.98. The third kappa shape index (κ3) is 2.24. The zero-order valence-electron chi connectivity index (χ0n) is 11.9. The first-order chi connectivity index (χ1) is 9.69. The van der Waals surface area contributed by atoms with E-state index in [9.17, 15) is 4.79 Å². The third-order valence-corrected chi connectivity index (χ3v) is 4.08. The zero-order valence-corrected chi connectivity index (χ0v) is 11.9. The Morgan fingerprint density at radius 2 is 2.10 bits per heavy atom. The van der Waals surface area contributed by atoms with Gasteiger partial charge in [-0.25, -0.2) is 0 Å². The van der Waals surface area contributed by atoms with Crippen LogP contribution in [-0.2, 0) is 12.8 Å². The Balaban J connectivity index is 2.14. The van der Waals surface area contributed by atoms with E-state index < -0.39 is 0 Å². The number of fused-ring (bicyclic) bond motifs is 1. The highest BCUT2D eigenvalue weighted by Crippen LogP contribution is 2.30. The molecule has 1 heterocycles. The first-order valence-corrected chi connectivity index (χ1v) is 7.07. The predicted octanol–water partition coefficient (Wildman–Crippen LogP) is 3.18. The van der Waals surface area contributed by atoms with Gasteiger partial charge in [-0.15, -0.1) is 0 Å². The molecule has 1 atom stereocenters. The minimum absolute atomic E-state index is 0.0512. The molecule has 0 radical (unpaired) electrons. The first-order valence-electron chi connectivity index (χ1n) is 7.07. The van der Waals surface area contributed by atoms with Crippen molar-refractivity contribution in [2.24, 2.45) is 5.92 Å². The fourth-order valence-corrected chi connectivity index (χ4v) is 2.98. The standard InChI is InChI=1S/C17H19NO2/c1-11-7-8-13-12(9-11)10-15(18-17(13)19)14-5-3-4-6-16(14)20-2/h3-6,10-11H,7-9H2,1-2H3,(H,18,19). The molecule has 0 aliphatic heterocycles. The van der Waals surface area contributed by atoms with E-state index in [2.05, 4.69) is 18.0 Å². The molecule has 3 nitrogen and oxygen atoms in total. The van der Waals surface area contributed by atoms with Crippen molar-refractivity contribution in [3.05, 3.63) is 51.8 Å². The lowest BCUT2D eigenvalue weighted by Gasteiger charge is -2.21. The second-order valence-corrected chi connectivity index (χ2v) is 5.56. The van der Waals surface area contributed by atoms with Gasteiger partial charge in [0, 0.05) is 11.1 Å². The molecule has 0 saturated carbocycles. The molecule has 1 aliphatic carbocycles. The molecule has 0 fully saturated rings. The molecular formula is C17H19NO2. The molecule has 0 amide bonds. The Hall–Kier alpha value is -2.03. The van der Waals surface area contributed by atoms with Crippen LogP contribution in [0, 0.1) is 5.92 Å². The number of aromatic nitrogens is 1. The maximum absolute atomic E-state index is 12.3. The van der Waals surface area contributed by atoms with Crippen LogP contribution in [-0.4, -0.2) is 12.1 Å². The van der Waals surface area contributed by atoms with Crippen LogP contribution < -0.4 is 10.3 Å². The lowest BCUT2D eigenvalue weighted by Crippen LogP contribution is -2.22. The fraction of sp³-hybridized carbons (Fsp3) is 0.353. The van der Waals surface area contributed by atoms with Crippen LogP contribution in [0.5, 0.6) is 5.75 Å². The third-order valence-electron chi connectivity index (χ3n) is 4.08. The molecule has 0 bridgehead atoms. The number of nitrogens with one attached hydrogen (secondary N) is 1. The summed E-state index contributed by atoms with van der Waals surface area (Å²) in [5, 5.41) is 0. The number of methoxy groups -OCH3 is 1. The summed E-state index contributed by atoms with van der Waals surface area (Å²) in [6, 6.07) is 9.89. The van der Waals surface area contributed by atoms with E-state index in [1.807, 2.05) is 24.3 Å². The monoisotopic (exact) mass is 269 g/mol. The molecule has 20 heavy (non-hydrogen) atoms. The van der Waals surface area contributed by atoms with Crippen molar-refractivity contribution in [2.45, 2.75) is 26.2 Å². The van der Waals surface area contributed by atoms with Crippen LogP contribution >= 0.6 is 0 Å². The average Bonchev–Trinajstić information content (AvgIpc) is 2.46. The van der Waals surface area contributed by atoms with E-state index in [4.69, 9.17) is 4.74 Å². The number of benzene rings is 1. The lowest BCUT2D eigenvalue weighted by molar-refractivity contribution is 0.416. The van der Waals surface area contributed by atoms with E-state index in [0.29, 0.717) is 5.92 Å². The Bertz CT molecular complexity index is 688. The Morgan fingerprint density at radius 1 is 1.30 bits per heavy atom. The molecule has 0 spiro atoms. The number of aromatic amines is 1. The smallest absolute Gasteiger partial charge is 0.251 e. The number of para-hydroxylation sites is 1. The molecule has 104 valence electrons. The van der Waals surface area contributed by atoms with E-state index in [1.54, 1.807) is 7.11 Å². The summed E-state index contributed by atoms with van der Waals surface area (Å²) >= 11 is 0. The minimum atomic E-state index is 0.0512. The summed E-state index contributed by atoms with van der Waals surface area (Å²) in [6.07, 6.45) is 2.98. The van der Waals surface area contributed by atoms with Gasteiger partial charge in [-0.3, -0.25) is 4.79 Å². The molecule has 0 saturated heterocycles. The summed E-state index contributed by atoms with van der Waals surface area (Å²) in [5.74, 6) is 1.43. The maximum Gasteiger partial charge on any atom is 0.251 e. The summed E-state index contributed by atoms with van der Waals surface area (Å²) in [5.41, 5.74) is 3.99. The molecule has 3 heteroatoms. The Kier molecular flexibility index (Phi) is 3.35. The van der Waals surface area contributed by atoms with Gasteiger partial charge in [0.2, 0.25) is 0 Å². The number of ether oxygens (including phenoxy) is 1. The van der Waals surface area contributed by atoms with Crippen molar-refractivity contribution in [1.29, 1.82) is 0 Å². The Morgan fingerprint density at radius 3 is 2.90 bits per heavy atom. The molecule has 1 aliphatic rings. The minimum Gasteiger partial charge on any atom is -0.496 e. The second-order valence-electron chi connectivity index (χ2n) is 5.56. The number of hydrogen-bond donors (Lipinski definition) is 1. The van der Waals surface area contributed by atoms with Gasteiger partial charge in [0.05, 0.1) is 12.8 Å². The van der Waals surface area contributed by atoms with Gasteiger partial charge in [-0.05, 0) is 48.9 Å². The number of H-pyrrole nitrogens is 1. The van der Waals surface area contributed by atoms with Crippen LogP contribution in [0.1, 0.15) is 24.5 Å². The Labute approximate surface area is 118 Å². The van der Waals surface area contributed by atoms with Gasteiger partial charge in [0.15, 0.2) is 0 Å². The normalized spacial score (nSPS) is 17.6. The van der Waals surface area contributed by atoms with E-state index in [0.717, 1.165) is 41.8 Å².